The summed E-state index contributed by atoms with van der Waals surface area (Å²) in [6, 6.07) is 6.04. The van der Waals surface area contributed by atoms with Gasteiger partial charge in [0.2, 0.25) is 0 Å². The number of anilines is 1. The Kier molecular flexibility index (Phi) is 6.38. The number of benzene rings is 2. The third-order valence-corrected chi connectivity index (χ3v) is 5.80. The lowest BCUT2D eigenvalue weighted by Crippen LogP contribution is -2.37. The number of carbonyl (C=O) groups is 1. The Morgan fingerprint density at radius 2 is 1.86 bits per heavy atom. The minimum atomic E-state index is -4.88. The van der Waals surface area contributed by atoms with Gasteiger partial charge in [-0.05, 0) is 24.3 Å². The number of esters is 1. The van der Waals surface area contributed by atoms with Crippen LogP contribution in [0.3, 0.4) is 0 Å². The minimum Gasteiger partial charge on any atom is -0.468 e. The molecular formula is C16H12ClF3N2O6S. The van der Waals surface area contributed by atoms with Crippen LogP contribution in [0, 0.1) is 10.1 Å². The standard InChI is InChI=1S/C16H12ClF3N2O6S/c1-28-15(23)9-21(13-8-10(16(18,19)20)6-7-11(13)17)29(26,27)14-5-3-2-4-12(14)22(24)25/h2-8H,9H2,1H3. The largest absolute Gasteiger partial charge is 0.468 e. The number of sulfonamides is 1. The second-order valence-corrected chi connectivity index (χ2v) is 7.71. The zero-order valence-corrected chi connectivity index (χ0v) is 16.1. The van der Waals surface area contributed by atoms with Crippen LogP contribution in [-0.2, 0) is 25.7 Å². The molecule has 0 aliphatic carbocycles. The number of halogens is 4. The van der Waals surface area contributed by atoms with E-state index < -0.39 is 60.5 Å². The van der Waals surface area contributed by atoms with Crippen molar-refractivity contribution in [2.24, 2.45) is 0 Å². The molecule has 0 amide bonds. The van der Waals surface area contributed by atoms with E-state index in [1.807, 2.05) is 0 Å². The molecule has 0 radical (unpaired) electrons. The number of nitro groups is 1. The highest BCUT2D eigenvalue weighted by molar-refractivity contribution is 7.93. The third kappa shape index (κ3) is 4.77. The summed E-state index contributed by atoms with van der Waals surface area (Å²) in [6.07, 6.45) is -4.83. The maximum atomic E-state index is 13.1. The summed E-state index contributed by atoms with van der Waals surface area (Å²) in [5, 5.41) is 10.8. The molecule has 0 atom stereocenters. The summed E-state index contributed by atoms with van der Waals surface area (Å²) in [6.45, 7) is -1.06. The molecule has 0 saturated heterocycles. The van der Waals surface area contributed by atoms with Crippen molar-refractivity contribution in [3.05, 3.63) is 63.2 Å². The Morgan fingerprint density at radius 1 is 1.24 bits per heavy atom. The fraction of sp³-hybridized carbons (Fsp3) is 0.188. The van der Waals surface area contributed by atoms with Crippen molar-refractivity contribution in [2.45, 2.75) is 11.1 Å². The average molecular weight is 453 g/mol. The molecule has 0 fully saturated rings. The number of hydrogen-bond acceptors (Lipinski definition) is 6. The lowest BCUT2D eigenvalue weighted by Gasteiger charge is -2.25. The van der Waals surface area contributed by atoms with Crippen molar-refractivity contribution in [3.8, 4) is 0 Å². The molecule has 0 aliphatic rings. The first-order valence-electron chi connectivity index (χ1n) is 7.59. The van der Waals surface area contributed by atoms with E-state index in [1.54, 1.807) is 0 Å². The van der Waals surface area contributed by atoms with Crippen molar-refractivity contribution in [2.75, 3.05) is 18.0 Å². The summed E-state index contributed by atoms with van der Waals surface area (Å²) in [7, 11) is -3.94. The van der Waals surface area contributed by atoms with Crippen LogP contribution in [0.2, 0.25) is 5.02 Å². The van der Waals surface area contributed by atoms with Crippen LogP contribution < -0.4 is 4.31 Å². The summed E-state index contributed by atoms with van der Waals surface area (Å²) >= 11 is 5.90. The summed E-state index contributed by atoms with van der Waals surface area (Å²) in [5.41, 5.74) is -2.75. The Labute approximate surface area is 167 Å². The van der Waals surface area contributed by atoms with Gasteiger partial charge in [-0.1, -0.05) is 23.7 Å². The predicted octanol–water partition coefficient (Wildman–Crippen LogP) is 3.64. The van der Waals surface area contributed by atoms with Gasteiger partial charge in [-0.3, -0.25) is 19.2 Å². The van der Waals surface area contributed by atoms with E-state index in [2.05, 4.69) is 4.74 Å². The van der Waals surface area contributed by atoms with Gasteiger partial charge in [0, 0.05) is 6.07 Å². The van der Waals surface area contributed by atoms with E-state index in [0.717, 1.165) is 25.3 Å². The number of nitro benzene ring substituents is 1. The molecule has 2 rings (SSSR count). The van der Waals surface area contributed by atoms with E-state index in [4.69, 9.17) is 11.6 Å². The van der Waals surface area contributed by atoms with Gasteiger partial charge in [0.25, 0.3) is 15.7 Å². The molecule has 0 spiro atoms. The smallest absolute Gasteiger partial charge is 0.416 e. The van der Waals surface area contributed by atoms with Gasteiger partial charge in [0.15, 0.2) is 4.90 Å². The van der Waals surface area contributed by atoms with Crippen LogP contribution in [0.5, 0.6) is 0 Å². The van der Waals surface area contributed by atoms with E-state index in [1.165, 1.54) is 12.1 Å². The van der Waals surface area contributed by atoms with Crippen LogP contribution in [0.1, 0.15) is 5.56 Å². The van der Waals surface area contributed by atoms with Crippen LogP contribution >= 0.6 is 11.6 Å². The van der Waals surface area contributed by atoms with Gasteiger partial charge in [0.05, 0.1) is 28.3 Å². The SMILES string of the molecule is COC(=O)CN(c1cc(C(F)(F)F)ccc1Cl)S(=O)(=O)c1ccccc1[N+](=O)[O-]. The van der Waals surface area contributed by atoms with Gasteiger partial charge < -0.3 is 4.74 Å². The average Bonchev–Trinajstić information content (AvgIpc) is 2.65. The molecule has 29 heavy (non-hydrogen) atoms. The van der Waals surface area contributed by atoms with Crippen LogP contribution in [0.15, 0.2) is 47.4 Å². The number of rotatable bonds is 6. The highest BCUT2D eigenvalue weighted by Crippen LogP contribution is 2.38. The van der Waals surface area contributed by atoms with E-state index in [-0.39, 0.29) is 4.31 Å². The highest BCUT2D eigenvalue weighted by Gasteiger charge is 2.37. The van der Waals surface area contributed by atoms with E-state index in [9.17, 15) is 36.5 Å². The lowest BCUT2D eigenvalue weighted by molar-refractivity contribution is -0.387. The summed E-state index contributed by atoms with van der Waals surface area (Å²) < 4.78 is 70.1. The molecule has 0 saturated carbocycles. The predicted molar refractivity (Wildman–Crippen MR) is 96.1 cm³/mol. The first-order valence-corrected chi connectivity index (χ1v) is 9.41. The maximum Gasteiger partial charge on any atom is 0.416 e. The van der Waals surface area contributed by atoms with Crippen molar-refractivity contribution < 1.29 is 36.0 Å². The number of methoxy groups -OCH3 is 1. The Morgan fingerprint density at radius 3 is 2.41 bits per heavy atom. The summed E-state index contributed by atoms with van der Waals surface area (Å²) in [5.74, 6) is -1.12. The lowest BCUT2D eigenvalue weighted by atomic mass is 10.2. The molecule has 2 aromatic carbocycles. The van der Waals surface area contributed by atoms with Gasteiger partial charge >= 0.3 is 12.1 Å². The zero-order valence-electron chi connectivity index (χ0n) is 14.5. The second-order valence-electron chi connectivity index (χ2n) is 5.48. The normalized spacial score (nSPS) is 11.8. The number of carbonyl (C=O) groups excluding carboxylic acids is 1. The molecule has 8 nitrogen and oxygen atoms in total. The van der Waals surface area contributed by atoms with Gasteiger partial charge in [-0.2, -0.15) is 13.2 Å². The fourth-order valence-electron chi connectivity index (χ4n) is 2.31. The second kappa shape index (κ2) is 8.25. The third-order valence-electron chi connectivity index (χ3n) is 3.67. The van der Waals surface area contributed by atoms with Gasteiger partial charge in [-0.25, -0.2) is 8.42 Å². The first-order chi connectivity index (χ1) is 13.4. The Balaban J connectivity index is 2.76. The number of nitrogens with zero attached hydrogens (tertiary/aromatic N) is 2. The zero-order chi connectivity index (χ0) is 22.0. The molecular weight excluding hydrogens is 441 g/mol. The van der Waals surface area contributed by atoms with E-state index in [0.29, 0.717) is 12.1 Å². The number of alkyl halides is 3. The number of para-hydroxylation sites is 1. The molecule has 0 bridgehead atoms. The number of hydrogen-bond donors (Lipinski definition) is 0. The summed E-state index contributed by atoms with van der Waals surface area (Å²) in [4.78, 5) is 21.2. The van der Waals surface area contributed by atoms with Gasteiger partial charge in [-0.15, -0.1) is 0 Å². The quantitative estimate of drug-likeness (QED) is 0.376. The minimum absolute atomic E-state index is 0.235. The van der Waals surface area contributed by atoms with Crippen LogP contribution in [0.25, 0.3) is 0 Å². The van der Waals surface area contributed by atoms with Crippen molar-refractivity contribution >= 4 is 39.0 Å². The maximum absolute atomic E-state index is 13.1. The monoisotopic (exact) mass is 452 g/mol. The molecule has 13 heteroatoms. The molecule has 2 aromatic rings. The Bertz CT molecular complexity index is 1060. The topological polar surface area (TPSA) is 107 Å². The molecule has 0 unspecified atom stereocenters. The molecule has 0 aromatic heterocycles. The van der Waals surface area contributed by atoms with Crippen LogP contribution in [0.4, 0.5) is 24.5 Å². The van der Waals surface area contributed by atoms with Crippen molar-refractivity contribution in [1.29, 1.82) is 0 Å². The van der Waals surface area contributed by atoms with Crippen molar-refractivity contribution in [1.82, 2.24) is 0 Å². The fourth-order valence-corrected chi connectivity index (χ4v) is 4.16. The van der Waals surface area contributed by atoms with Crippen molar-refractivity contribution in [3.63, 3.8) is 0 Å². The number of ether oxygens (including phenoxy) is 1. The molecule has 0 N–H and O–H groups in total. The molecule has 156 valence electrons. The molecule has 0 aliphatic heterocycles. The highest BCUT2D eigenvalue weighted by atomic mass is 35.5. The van der Waals surface area contributed by atoms with Crippen LogP contribution in [-0.4, -0.2) is 33.0 Å². The van der Waals surface area contributed by atoms with E-state index >= 15 is 0 Å². The first kappa shape index (κ1) is 22.4. The Hall–Kier alpha value is -2.86. The van der Waals surface area contributed by atoms with Gasteiger partial charge in [0.1, 0.15) is 6.54 Å². The molecule has 0 heterocycles.